The molecular weight excluding hydrogens is 342 g/mol. The van der Waals surface area contributed by atoms with Gasteiger partial charge in [-0.15, -0.1) is 11.3 Å². The molecule has 0 aliphatic heterocycles. The number of hydrazine groups is 1. The van der Waals surface area contributed by atoms with Gasteiger partial charge in [-0.1, -0.05) is 29.8 Å². The predicted octanol–water partition coefficient (Wildman–Crippen LogP) is 2.60. The van der Waals surface area contributed by atoms with E-state index in [1.54, 1.807) is 0 Å². The van der Waals surface area contributed by atoms with E-state index in [0.29, 0.717) is 9.90 Å². The highest BCUT2D eigenvalue weighted by Gasteiger charge is 2.30. The lowest BCUT2D eigenvalue weighted by atomic mass is 10.2. The summed E-state index contributed by atoms with van der Waals surface area (Å²) in [5.74, 6) is -0.464. The molecule has 0 unspecified atom stereocenters. The first-order valence-electron chi connectivity index (χ1n) is 6.64. The van der Waals surface area contributed by atoms with Gasteiger partial charge in [0, 0.05) is 16.0 Å². The van der Waals surface area contributed by atoms with E-state index < -0.39 is 5.91 Å². The van der Waals surface area contributed by atoms with Gasteiger partial charge in [-0.05, 0) is 31.1 Å². The summed E-state index contributed by atoms with van der Waals surface area (Å²) in [6.45, 7) is 0. The normalized spacial score (nSPS) is 13.7. The van der Waals surface area contributed by atoms with Crippen LogP contribution < -0.4 is 16.2 Å². The first-order valence-corrected chi connectivity index (χ1v) is 8.24. The molecule has 114 valence electrons. The molecule has 1 aliphatic carbocycles. The molecule has 0 spiro atoms. The number of carbonyl (C=O) groups is 2. The lowest BCUT2D eigenvalue weighted by Crippen LogP contribution is -2.48. The molecule has 3 rings (SSSR count). The maximum absolute atomic E-state index is 12.2. The number of carbonyl (C=O) groups excluding carboxylic acids is 2. The van der Waals surface area contributed by atoms with Crippen LogP contribution in [0.2, 0.25) is 5.02 Å². The minimum absolute atomic E-state index is 0.0486. The topological polar surface area (TPSA) is 70.2 Å². The number of amides is 2. The van der Waals surface area contributed by atoms with Crippen molar-refractivity contribution in [2.24, 2.45) is 5.92 Å². The number of rotatable bonds is 2. The Hall–Kier alpha value is -1.70. The summed E-state index contributed by atoms with van der Waals surface area (Å²) in [5.41, 5.74) is 4.96. The van der Waals surface area contributed by atoms with Crippen molar-refractivity contribution in [2.75, 3.05) is 0 Å². The molecule has 1 saturated carbocycles. The number of hydrogen-bond donors (Lipinski definition) is 3. The molecule has 5 nitrogen and oxygen atoms in total. The zero-order valence-electron chi connectivity index (χ0n) is 11.3. The molecule has 2 aromatic rings. The van der Waals surface area contributed by atoms with Gasteiger partial charge >= 0.3 is 0 Å². The Kier molecular flexibility index (Phi) is 4.28. The minimum Gasteiger partial charge on any atom is -0.302 e. The fourth-order valence-electron chi connectivity index (χ4n) is 1.92. The summed E-state index contributed by atoms with van der Waals surface area (Å²) in [6, 6.07) is 7.51. The van der Waals surface area contributed by atoms with E-state index in [9.17, 15) is 9.59 Å². The van der Waals surface area contributed by atoms with E-state index in [4.69, 9.17) is 23.8 Å². The molecule has 1 heterocycles. The van der Waals surface area contributed by atoms with E-state index in [1.165, 1.54) is 11.3 Å². The SMILES string of the molecule is O=C(NNC(=S)NC(=O)C1CC1)c1sc2ccccc2c1Cl. The molecule has 1 fully saturated rings. The van der Waals surface area contributed by atoms with Gasteiger partial charge in [0.15, 0.2) is 5.11 Å². The molecule has 0 bridgehead atoms. The highest BCUT2D eigenvalue weighted by atomic mass is 35.5. The van der Waals surface area contributed by atoms with Crippen molar-refractivity contribution in [1.82, 2.24) is 16.2 Å². The smallest absolute Gasteiger partial charge is 0.281 e. The fraction of sp³-hybridized carbons (Fsp3) is 0.214. The summed E-state index contributed by atoms with van der Waals surface area (Å²) in [4.78, 5) is 24.1. The number of thiocarbonyl (C=S) groups is 1. The molecule has 2 amide bonds. The van der Waals surface area contributed by atoms with Gasteiger partial charge in [0.2, 0.25) is 5.91 Å². The predicted molar refractivity (Wildman–Crippen MR) is 90.9 cm³/mol. The van der Waals surface area contributed by atoms with Gasteiger partial charge in [0.1, 0.15) is 4.88 Å². The molecule has 3 N–H and O–H groups in total. The van der Waals surface area contributed by atoms with Gasteiger partial charge in [-0.25, -0.2) is 0 Å². The average Bonchev–Trinajstić information content (AvgIpc) is 3.30. The third-order valence-electron chi connectivity index (χ3n) is 3.22. The first kappa shape index (κ1) is 15.2. The Labute approximate surface area is 141 Å². The van der Waals surface area contributed by atoms with Crippen molar-refractivity contribution in [3.8, 4) is 0 Å². The van der Waals surface area contributed by atoms with Crippen molar-refractivity contribution in [2.45, 2.75) is 12.8 Å². The summed E-state index contributed by atoms with van der Waals surface area (Å²) in [7, 11) is 0. The van der Waals surface area contributed by atoms with Crippen molar-refractivity contribution in [1.29, 1.82) is 0 Å². The van der Waals surface area contributed by atoms with Crippen molar-refractivity contribution in [3.63, 3.8) is 0 Å². The summed E-state index contributed by atoms with van der Waals surface area (Å²) in [5, 5.41) is 3.85. The second-order valence-electron chi connectivity index (χ2n) is 4.91. The van der Waals surface area contributed by atoms with Crippen LogP contribution in [0.5, 0.6) is 0 Å². The Balaban J connectivity index is 1.62. The second kappa shape index (κ2) is 6.20. The summed E-state index contributed by atoms with van der Waals surface area (Å²) >= 11 is 12.5. The minimum atomic E-state index is -0.394. The van der Waals surface area contributed by atoms with Gasteiger partial charge in [-0.3, -0.25) is 20.4 Å². The van der Waals surface area contributed by atoms with Crippen LogP contribution in [0.3, 0.4) is 0 Å². The van der Waals surface area contributed by atoms with E-state index in [0.717, 1.165) is 22.9 Å². The zero-order chi connectivity index (χ0) is 15.7. The van der Waals surface area contributed by atoms with E-state index in [2.05, 4.69) is 16.2 Å². The molecular formula is C14H12ClN3O2S2. The molecule has 0 radical (unpaired) electrons. The highest BCUT2D eigenvalue weighted by Crippen LogP contribution is 2.34. The van der Waals surface area contributed by atoms with Crippen LogP contribution in [0, 0.1) is 5.92 Å². The van der Waals surface area contributed by atoms with Crippen molar-refractivity contribution >= 4 is 62.2 Å². The third-order valence-corrected chi connectivity index (χ3v) is 5.09. The number of halogens is 1. The van der Waals surface area contributed by atoms with Gasteiger partial charge < -0.3 is 5.32 Å². The molecule has 1 aromatic heterocycles. The molecule has 0 atom stereocenters. The molecule has 8 heteroatoms. The van der Waals surface area contributed by atoms with Crippen LogP contribution >= 0.6 is 35.2 Å². The van der Waals surface area contributed by atoms with Crippen molar-refractivity contribution < 1.29 is 9.59 Å². The zero-order valence-corrected chi connectivity index (χ0v) is 13.7. The van der Waals surface area contributed by atoms with E-state index in [1.807, 2.05) is 24.3 Å². The Morgan fingerprint density at radius 2 is 1.95 bits per heavy atom. The molecule has 1 aromatic carbocycles. The Bertz CT molecular complexity index is 771. The van der Waals surface area contributed by atoms with Crippen LogP contribution in [0.15, 0.2) is 24.3 Å². The monoisotopic (exact) mass is 353 g/mol. The number of nitrogens with one attached hydrogen (secondary N) is 3. The van der Waals surface area contributed by atoms with Crippen molar-refractivity contribution in [3.05, 3.63) is 34.2 Å². The quantitative estimate of drug-likeness (QED) is 0.573. The first-order chi connectivity index (χ1) is 10.6. The number of thiophene rings is 1. The second-order valence-corrected chi connectivity index (χ2v) is 6.75. The van der Waals surface area contributed by atoms with Gasteiger partial charge in [0.05, 0.1) is 5.02 Å². The summed E-state index contributed by atoms with van der Waals surface area (Å²) in [6.07, 6.45) is 1.77. The molecule has 0 saturated heterocycles. The maximum atomic E-state index is 12.2. The summed E-state index contributed by atoms with van der Waals surface area (Å²) < 4.78 is 0.933. The maximum Gasteiger partial charge on any atom is 0.281 e. The number of fused-ring (bicyclic) bond motifs is 1. The van der Waals surface area contributed by atoms with Crippen LogP contribution in [-0.2, 0) is 4.79 Å². The standard InChI is InChI=1S/C14H12ClN3O2S2/c15-10-8-3-1-2-4-9(8)22-11(10)13(20)17-18-14(21)16-12(19)7-5-6-7/h1-4,7H,5-6H2,(H,17,20)(H2,16,18,19,21). The number of benzene rings is 1. The van der Waals surface area contributed by atoms with Crippen LogP contribution in [0.25, 0.3) is 10.1 Å². The highest BCUT2D eigenvalue weighted by molar-refractivity contribution is 7.80. The number of hydrogen-bond acceptors (Lipinski definition) is 4. The van der Waals surface area contributed by atoms with E-state index >= 15 is 0 Å². The Morgan fingerprint density at radius 3 is 2.64 bits per heavy atom. The lowest BCUT2D eigenvalue weighted by molar-refractivity contribution is -0.120. The van der Waals surface area contributed by atoms with Crippen LogP contribution in [0.1, 0.15) is 22.5 Å². The lowest BCUT2D eigenvalue weighted by Gasteiger charge is -2.09. The van der Waals surface area contributed by atoms with Gasteiger partial charge in [-0.2, -0.15) is 0 Å². The average molecular weight is 354 g/mol. The largest absolute Gasteiger partial charge is 0.302 e. The van der Waals surface area contributed by atoms with E-state index in [-0.39, 0.29) is 16.9 Å². The Morgan fingerprint density at radius 1 is 1.23 bits per heavy atom. The van der Waals surface area contributed by atoms with Gasteiger partial charge in [0.25, 0.3) is 5.91 Å². The fourth-order valence-corrected chi connectivity index (χ4v) is 3.48. The van der Waals surface area contributed by atoms with Crippen LogP contribution in [0.4, 0.5) is 0 Å². The third kappa shape index (κ3) is 3.21. The molecule has 22 heavy (non-hydrogen) atoms. The van der Waals surface area contributed by atoms with Crippen LogP contribution in [-0.4, -0.2) is 16.9 Å². The molecule has 1 aliphatic rings.